The smallest absolute Gasteiger partial charge is 0.0711 e. The Balaban J connectivity index is 1.40. The van der Waals surface area contributed by atoms with E-state index in [1.165, 1.54) is 97.6 Å². The number of hydrogen-bond donors (Lipinski definition) is 0. The predicted octanol–water partition coefficient (Wildman–Crippen LogP) is 10.4. The van der Waals surface area contributed by atoms with Gasteiger partial charge in [0.1, 0.15) is 0 Å². The van der Waals surface area contributed by atoms with E-state index in [4.69, 9.17) is 4.74 Å². The van der Waals surface area contributed by atoms with Gasteiger partial charge in [0.25, 0.3) is 0 Å². The first-order valence-electron chi connectivity index (χ1n) is 14.9. The molecule has 200 valence electrons. The van der Waals surface area contributed by atoms with E-state index in [0.717, 1.165) is 18.1 Å². The monoisotopic (exact) mass is 498 g/mol. The van der Waals surface area contributed by atoms with Crippen LogP contribution in [0.1, 0.15) is 115 Å². The van der Waals surface area contributed by atoms with Gasteiger partial charge < -0.3 is 4.74 Å². The van der Waals surface area contributed by atoms with Gasteiger partial charge in [-0.15, -0.1) is 0 Å². The molecule has 1 aromatic rings. The largest absolute Gasteiger partial charge is 0.376 e. The summed E-state index contributed by atoms with van der Waals surface area (Å²) in [6, 6.07) is 7.24. The maximum absolute atomic E-state index is 6.06. The molecule has 0 spiro atoms. The Labute approximate surface area is 227 Å². The number of allylic oxidation sites excluding steroid dienone is 7. The van der Waals surface area contributed by atoms with Crippen molar-refractivity contribution in [3.8, 4) is 0 Å². The first-order chi connectivity index (χ1) is 17.8. The van der Waals surface area contributed by atoms with E-state index in [2.05, 4.69) is 83.7 Å². The summed E-state index contributed by atoms with van der Waals surface area (Å²) in [6.07, 6.45) is 22.3. The zero-order chi connectivity index (χ0) is 26.4. The molecule has 0 radical (unpaired) electrons. The average molecular weight is 499 g/mol. The fourth-order valence-electron chi connectivity index (χ4n) is 6.64. The maximum atomic E-state index is 6.06. The lowest BCUT2D eigenvalue weighted by atomic mass is 9.68. The van der Waals surface area contributed by atoms with Gasteiger partial charge in [-0.3, -0.25) is 0 Å². The first kappa shape index (κ1) is 27.9. The van der Waals surface area contributed by atoms with Crippen LogP contribution in [0.5, 0.6) is 0 Å². The number of aryl methyl sites for hydroxylation is 1. The van der Waals surface area contributed by atoms with Crippen molar-refractivity contribution >= 4 is 5.57 Å². The minimum Gasteiger partial charge on any atom is -0.376 e. The molecule has 1 nitrogen and oxygen atoms in total. The molecule has 1 aromatic carbocycles. The van der Waals surface area contributed by atoms with E-state index in [0.29, 0.717) is 17.9 Å². The molecule has 2 saturated carbocycles. The van der Waals surface area contributed by atoms with Crippen LogP contribution >= 0.6 is 0 Å². The third-order valence-electron chi connectivity index (χ3n) is 9.67. The molecular formula is C36H50O. The highest BCUT2D eigenvalue weighted by Gasteiger charge is 2.35. The lowest BCUT2D eigenvalue weighted by Crippen LogP contribution is -2.33. The zero-order valence-electron chi connectivity index (χ0n) is 24.3. The van der Waals surface area contributed by atoms with Crippen LogP contribution in [0.4, 0.5) is 0 Å². The SMILES string of the molecule is C=C(/C=C\C(C)=C(/C)c1cc(C2CCCC(C3=CC(C)=CCC3)C2)ccc1C)COCC1(CC)CCC1. The van der Waals surface area contributed by atoms with Crippen LogP contribution in [-0.4, -0.2) is 13.2 Å². The van der Waals surface area contributed by atoms with Crippen molar-refractivity contribution in [2.75, 3.05) is 13.2 Å². The number of rotatable bonds is 10. The number of ether oxygens (including phenoxy) is 1. The Kier molecular flexibility index (Phi) is 9.51. The summed E-state index contributed by atoms with van der Waals surface area (Å²) in [5.41, 5.74) is 11.6. The van der Waals surface area contributed by atoms with Crippen LogP contribution in [-0.2, 0) is 4.74 Å². The standard InChI is InChI=1S/C36H50O/c1-7-36(19-10-20-36)25-37-24-27(3)15-16-28(4)30(6)35-23-34(18-17-29(35)5)33-14-9-13-32(22-33)31-12-8-11-26(2)21-31/h11,15-18,21,23,32-33H,3,7-10,12-14,19-20,22,24-25H2,1-2,4-6H3/b16-15-,30-28+. The van der Waals surface area contributed by atoms with E-state index < -0.39 is 0 Å². The first-order valence-corrected chi connectivity index (χ1v) is 14.9. The van der Waals surface area contributed by atoms with Gasteiger partial charge in [0, 0.05) is 0 Å². The Morgan fingerprint density at radius 1 is 1.08 bits per heavy atom. The fraction of sp³-hybridized carbons (Fsp3) is 0.556. The fourth-order valence-corrected chi connectivity index (χ4v) is 6.64. The van der Waals surface area contributed by atoms with Crippen molar-refractivity contribution in [1.29, 1.82) is 0 Å². The van der Waals surface area contributed by atoms with Crippen LogP contribution in [0.25, 0.3) is 5.57 Å². The zero-order valence-corrected chi connectivity index (χ0v) is 24.3. The summed E-state index contributed by atoms with van der Waals surface area (Å²) >= 11 is 0. The van der Waals surface area contributed by atoms with Crippen LogP contribution in [0.2, 0.25) is 0 Å². The van der Waals surface area contributed by atoms with Crippen molar-refractivity contribution in [1.82, 2.24) is 0 Å². The Bertz CT molecular complexity index is 1080. The number of hydrogen-bond acceptors (Lipinski definition) is 1. The van der Waals surface area contributed by atoms with E-state index in [1.54, 1.807) is 5.57 Å². The van der Waals surface area contributed by atoms with Gasteiger partial charge in [-0.05, 0) is 130 Å². The molecule has 37 heavy (non-hydrogen) atoms. The molecule has 0 saturated heterocycles. The van der Waals surface area contributed by atoms with Gasteiger partial charge in [-0.1, -0.05) is 80.0 Å². The van der Waals surface area contributed by atoms with Gasteiger partial charge in [-0.25, -0.2) is 0 Å². The average Bonchev–Trinajstić information content (AvgIpc) is 2.89. The molecule has 2 fully saturated rings. The Morgan fingerprint density at radius 2 is 1.86 bits per heavy atom. The van der Waals surface area contributed by atoms with Crippen LogP contribution in [0.15, 0.2) is 71.4 Å². The normalized spacial score (nSPS) is 24.2. The summed E-state index contributed by atoms with van der Waals surface area (Å²) in [6.45, 7) is 17.1. The van der Waals surface area contributed by atoms with Gasteiger partial charge in [0.05, 0.1) is 13.2 Å². The molecular weight excluding hydrogens is 448 g/mol. The summed E-state index contributed by atoms with van der Waals surface area (Å²) in [7, 11) is 0. The van der Waals surface area contributed by atoms with Gasteiger partial charge in [0.15, 0.2) is 0 Å². The van der Waals surface area contributed by atoms with Crippen LogP contribution < -0.4 is 0 Å². The molecule has 0 aliphatic heterocycles. The summed E-state index contributed by atoms with van der Waals surface area (Å²) < 4.78 is 6.06. The second kappa shape index (κ2) is 12.6. The van der Waals surface area contributed by atoms with E-state index in [1.807, 2.05) is 0 Å². The van der Waals surface area contributed by atoms with Crippen molar-refractivity contribution < 1.29 is 4.74 Å². The molecule has 2 atom stereocenters. The van der Waals surface area contributed by atoms with Crippen LogP contribution in [0.3, 0.4) is 0 Å². The molecule has 0 aromatic heterocycles. The van der Waals surface area contributed by atoms with Gasteiger partial charge >= 0.3 is 0 Å². The second-order valence-corrected chi connectivity index (χ2v) is 12.3. The van der Waals surface area contributed by atoms with Crippen molar-refractivity contribution in [2.45, 2.75) is 105 Å². The summed E-state index contributed by atoms with van der Waals surface area (Å²) in [5, 5.41) is 0. The molecule has 0 bridgehead atoms. The third kappa shape index (κ3) is 7.05. The highest BCUT2D eigenvalue weighted by molar-refractivity contribution is 5.71. The molecule has 1 heteroatoms. The number of benzene rings is 1. The van der Waals surface area contributed by atoms with Crippen molar-refractivity contribution in [2.24, 2.45) is 11.3 Å². The topological polar surface area (TPSA) is 9.23 Å². The molecule has 4 rings (SSSR count). The minimum absolute atomic E-state index is 0.445. The lowest BCUT2D eigenvalue weighted by Gasteiger charge is -2.40. The van der Waals surface area contributed by atoms with Gasteiger partial charge in [0.2, 0.25) is 0 Å². The predicted molar refractivity (Wildman–Crippen MR) is 161 cm³/mol. The van der Waals surface area contributed by atoms with Crippen molar-refractivity contribution in [3.63, 3.8) is 0 Å². The molecule has 2 unspecified atom stereocenters. The lowest BCUT2D eigenvalue weighted by molar-refractivity contribution is -0.0000830. The van der Waals surface area contributed by atoms with Crippen molar-refractivity contribution in [3.05, 3.63) is 88.1 Å². The third-order valence-corrected chi connectivity index (χ3v) is 9.67. The van der Waals surface area contributed by atoms with E-state index in [-0.39, 0.29) is 0 Å². The summed E-state index contributed by atoms with van der Waals surface area (Å²) in [4.78, 5) is 0. The molecule has 3 aliphatic rings. The van der Waals surface area contributed by atoms with E-state index in [9.17, 15) is 0 Å². The highest BCUT2D eigenvalue weighted by atomic mass is 16.5. The highest BCUT2D eigenvalue weighted by Crippen LogP contribution is 2.44. The molecule has 0 amide bonds. The molecule has 0 heterocycles. The second-order valence-electron chi connectivity index (χ2n) is 12.3. The maximum Gasteiger partial charge on any atom is 0.0711 e. The Hall–Kier alpha value is -2.12. The quantitative estimate of drug-likeness (QED) is 0.291. The Morgan fingerprint density at radius 3 is 2.57 bits per heavy atom. The van der Waals surface area contributed by atoms with E-state index >= 15 is 0 Å². The minimum atomic E-state index is 0.445. The molecule has 0 N–H and O–H groups in total. The molecule has 3 aliphatic carbocycles. The van der Waals surface area contributed by atoms with Gasteiger partial charge in [-0.2, -0.15) is 0 Å². The van der Waals surface area contributed by atoms with Crippen LogP contribution in [0, 0.1) is 18.3 Å². The summed E-state index contributed by atoms with van der Waals surface area (Å²) in [5.74, 6) is 1.44.